The number of ether oxygens (including phenoxy) is 1. The van der Waals surface area contributed by atoms with Crippen molar-refractivity contribution in [2.24, 2.45) is 0 Å². The van der Waals surface area contributed by atoms with E-state index in [0.717, 1.165) is 24.0 Å². The summed E-state index contributed by atoms with van der Waals surface area (Å²) in [6.07, 6.45) is 2.35. The molecule has 4 heteroatoms. The van der Waals surface area contributed by atoms with Gasteiger partial charge in [-0.25, -0.2) is 0 Å². The van der Waals surface area contributed by atoms with Gasteiger partial charge in [-0.05, 0) is 54.7 Å². The molecule has 4 bridgehead atoms. The predicted octanol–water partition coefficient (Wildman–Crippen LogP) is 3.19. The number of aromatic hydroxyl groups is 2. The van der Waals surface area contributed by atoms with Gasteiger partial charge in [-0.15, -0.1) is 0 Å². The summed E-state index contributed by atoms with van der Waals surface area (Å²) in [6.45, 7) is 0.401. The third-order valence-corrected chi connectivity index (χ3v) is 3.90. The van der Waals surface area contributed by atoms with E-state index in [1.807, 2.05) is 18.2 Å². The van der Waals surface area contributed by atoms with E-state index in [-0.39, 0.29) is 17.5 Å². The van der Waals surface area contributed by atoms with Gasteiger partial charge in [-0.2, -0.15) is 0 Å². The quantitative estimate of drug-likeness (QED) is 0.733. The van der Waals surface area contributed by atoms with Crippen molar-refractivity contribution in [2.45, 2.75) is 25.7 Å². The minimum Gasteiger partial charge on any atom is -0.507 e. The lowest BCUT2D eigenvalue weighted by Gasteiger charge is -2.11. The topological polar surface area (TPSA) is 66.8 Å². The minimum atomic E-state index is -0.205. The van der Waals surface area contributed by atoms with Crippen LogP contribution in [0.25, 0.3) is 11.1 Å². The first-order valence-corrected chi connectivity index (χ1v) is 7.43. The molecule has 0 saturated heterocycles. The number of fused-ring (bicyclic) bond motifs is 5. The highest BCUT2D eigenvalue weighted by atomic mass is 16.5. The Morgan fingerprint density at radius 1 is 0.818 bits per heavy atom. The number of hydrogen-bond acceptors (Lipinski definition) is 4. The Kier molecular flexibility index (Phi) is 4.00. The van der Waals surface area contributed by atoms with Crippen LogP contribution in [0.2, 0.25) is 0 Å². The lowest BCUT2D eigenvalue weighted by Crippen LogP contribution is -2.07. The van der Waals surface area contributed by atoms with Gasteiger partial charge in [-0.1, -0.05) is 12.1 Å². The normalized spacial score (nSPS) is 15.2. The first-order chi connectivity index (χ1) is 10.6. The van der Waals surface area contributed by atoms with Crippen molar-refractivity contribution < 1.29 is 19.7 Å². The molecule has 0 aromatic heterocycles. The van der Waals surface area contributed by atoms with Gasteiger partial charge in [-0.3, -0.25) is 4.79 Å². The number of hydrogen-bond donors (Lipinski definition) is 2. The van der Waals surface area contributed by atoms with Crippen LogP contribution in [0.5, 0.6) is 11.5 Å². The van der Waals surface area contributed by atoms with Crippen molar-refractivity contribution >= 4 is 5.97 Å². The molecule has 0 radical (unpaired) electrons. The van der Waals surface area contributed by atoms with Gasteiger partial charge in [0.25, 0.3) is 0 Å². The Morgan fingerprint density at radius 2 is 1.41 bits per heavy atom. The number of phenols is 2. The van der Waals surface area contributed by atoms with Crippen LogP contribution < -0.4 is 0 Å². The van der Waals surface area contributed by atoms with Crippen LogP contribution in [-0.4, -0.2) is 22.8 Å². The number of carbonyl (C=O) groups excluding carboxylic acids is 1. The molecule has 4 nitrogen and oxygen atoms in total. The van der Waals surface area contributed by atoms with Gasteiger partial charge in [0, 0.05) is 17.5 Å². The van der Waals surface area contributed by atoms with Crippen molar-refractivity contribution in [3.63, 3.8) is 0 Å². The number of carbonyl (C=O) groups is 1. The molecule has 1 aliphatic rings. The molecule has 2 aromatic rings. The zero-order valence-corrected chi connectivity index (χ0v) is 12.2. The van der Waals surface area contributed by atoms with Gasteiger partial charge in [0.05, 0.1) is 6.61 Å². The molecule has 0 spiro atoms. The lowest BCUT2D eigenvalue weighted by molar-refractivity contribution is -0.143. The average molecular weight is 298 g/mol. The van der Waals surface area contributed by atoms with Crippen LogP contribution in [0, 0.1) is 0 Å². The second kappa shape index (κ2) is 6.10. The van der Waals surface area contributed by atoms with E-state index in [0.29, 0.717) is 30.6 Å². The third-order valence-electron chi connectivity index (χ3n) is 3.90. The molecule has 2 N–H and O–H groups in total. The van der Waals surface area contributed by atoms with E-state index < -0.39 is 0 Å². The molecule has 0 amide bonds. The van der Waals surface area contributed by atoms with Crippen molar-refractivity contribution in [3.05, 3.63) is 47.5 Å². The highest BCUT2D eigenvalue weighted by Crippen LogP contribution is 2.37. The zero-order chi connectivity index (χ0) is 15.5. The molecule has 1 heterocycles. The smallest absolute Gasteiger partial charge is 0.306 e. The monoisotopic (exact) mass is 298 g/mol. The van der Waals surface area contributed by atoms with Crippen LogP contribution in [0.15, 0.2) is 36.4 Å². The maximum Gasteiger partial charge on any atom is 0.306 e. The fourth-order valence-corrected chi connectivity index (χ4v) is 2.69. The van der Waals surface area contributed by atoms with E-state index in [9.17, 15) is 15.0 Å². The summed E-state index contributed by atoms with van der Waals surface area (Å²) in [4.78, 5) is 11.7. The standard InChI is InChI=1S/C18H18O4/c19-16-6-3-12-2-1-9-22-18(21)8-5-13-4-7-17(20)15(11-13)14(16)10-12/h3-4,6-7,10-11,19-20H,1-2,5,8-9H2. The second-order valence-corrected chi connectivity index (χ2v) is 5.53. The zero-order valence-electron chi connectivity index (χ0n) is 12.2. The fraction of sp³-hybridized carbons (Fsp3) is 0.278. The maximum absolute atomic E-state index is 11.7. The summed E-state index contributed by atoms with van der Waals surface area (Å²) in [5, 5.41) is 20.2. The Balaban J connectivity index is 2.08. The van der Waals surface area contributed by atoms with E-state index in [1.165, 1.54) is 0 Å². The van der Waals surface area contributed by atoms with Crippen molar-refractivity contribution in [1.82, 2.24) is 0 Å². The second-order valence-electron chi connectivity index (χ2n) is 5.53. The molecule has 0 unspecified atom stereocenters. The van der Waals surface area contributed by atoms with E-state index in [1.54, 1.807) is 18.2 Å². The van der Waals surface area contributed by atoms with Crippen molar-refractivity contribution in [1.29, 1.82) is 0 Å². The number of aryl methyl sites for hydroxylation is 2. The molecule has 0 saturated carbocycles. The van der Waals surface area contributed by atoms with Gasteiger partial charge in [0.1, 0.15) is 11.5 Å². The van der Waals surface area contributed by atoms with Crippen LogP contribution in [0.4, 0.5) is 0 Å². The SMILES string of the molecule is O=C1CCc2ccc(O)c(c2)-c2cc(ccc2O)CCCO1. The Morgan fingerprint density at radius 3 is 2.05 bits per heavy atom. The molecule has 0 atom stereocenters. The number of esters is 1. The number of rotatable bonds is 0. The van der Waals surface area contributed by atoms with Crippen LogP contribution in [0.1, 0.15) is 24.0 Å². The molecule has 3 rings (SSSR count). The molecule has 114 valence electrons. The average Bonchev–Trinajstić information content (AvgIpc) is 2.52. The number of cyclic esters (lactones) is 1. The third kappa shape index (κ3) is 3.06. The largest absolute Gasteiger partial charge is 0.507 e. The fourth-order valence-electron chi connectivity index (χ4n) is 2.69. The van der Waals surface area contributed by atoms with E-state index in [4.69, 9.17) is 4.74 Å². The molecule has 2 aromatic carbocycles. The predicted molar refractivity (Wildman–Crippen MR) is 82.8 cm³/mol. The van der Waals surface area contributed by atoms with E-state index in [2.05, 4.69) is 0 Å². The maximum atomic E-state index is 11.7. The molecule has 0 aliphatic carbocycles. The Bertz CT molecular complexity index is 706. The first-order valence-electron chi connectivity index (χ1n) is 7.43. The molecular formula is C18H18O4. The number of benzene rings is 2. The van der Waals surface area contributed by atoms with Crippen LogP contribution in [0.3, 0.4) is 0 Å². The number of phenolic OH excluding ortho intramolecular Hbond substituents is 2. The minimum absolute atomic E-state index is 0.119. The van der Waals surface area contributed by atoms with Crippen molar-refractivity contribution in [3.8, 4) is 22.6 Å². The summed E-state index contributed by atoms with van der Waals surface area (Å²) in [5.41, 5.74) is 3.16. The molecular weight excluding hydrogens is 280 g/mol. The van der Waals surface area contributed by atoms with E-state index >= 15 is 0 Å². The summed E-state index contributed by atoms with van der Waals surface area (Å²) >= 11 is 0. The summed E-state index contributed by atoms with van der Waals surface area (Å²) in [5.74, 6) is 0.0514. The summed E-state index contributed by atoms with van der Waals surface area (Å²) in [7, 11) is 0. The van der Waals surface area contributed by atoms with Gasteiger partial charge in [0.2, 0.25) is 0 Å². The van der Waals surface area contributed by atoms with Gasteiger partial charge in [0.15, 0.2) is 0 Å². The van der Waals surface area contributed by atoms with Gasteiger partial charge < -0.3 is 14.9 Å². The van der Waals surface area contributed by atoms with Crippen molar-refractivity contribution in [2.75, 3.05) is 6.61 Å². The van der Waals surface area contributed by atoms with Gasteiger partial charge >= 0.3 is 5.97 Å². The highest BCUT2D eigenvalue weighted by molar-refractivity contribution is 5.76. The van der Waals surface area contributed by atoms with Crippen LogP contribution >= 0.6 is 0 Å². The Hall–Kier alpha value is -2.49. The molecule has 0 fully saturated rings. The molecule has 22 heavy (non-hydrogen) atoms. The lowest BCUT2D eigenvalue weighted by atomic mass is 9.96. The first kappa shape index (κ1) is 14.4. The summed E-state index contributed by atoms with van der Waals surface area (Å²) < 4.78 is 5.21. The van der Waals surface area contributed by atoms with Crippen LogP contribution in [-0.2, 0) is 22.4 Å². The Labute approximate surface area is 129 Å². The highest BCUT2D eigenvalue weighted by Gasteiger charge is 2.13. The summed E-state index contributed by atoms with van der Waals surface area (Å²) in [6, 6.07) is 10.6. The molecule has 1 aliphatic heterocycles.